The molecule has 0 atom stereocenters. The number of ether oxygens (including phenoxy) is 1. The number of anilines is 1. The standard InChI is InChI=1S/C21H20N6O2S/c1-14-3-5-15(6-4-14)11-27-20-19(25-26-27)21(23-13-22-20)30-12-18(28)24-16-7-9-17(29-2)10-8-16/h3-10,13H,11-12H2,1-2H3,(H,24,28). The second-order valence-corrected chi connectivity index (χ2v) is 7.61. The topological polar surface area (TPSA) is 94.8 Å². The van der Waals surface area contributed by atoms with Gasteiger partial charge < -0.3 is 10.1 Å². The Morgan fingerprint density at radius 3 is 2.60 bits per heavy atom. The van der Waals surface area contributed by atoms with Crippen LogP contribution in [0, 0.1) is 6.92 Å². The van der Waals surface area contributed by atoms with Crippen molar-refractivity contribution in [3.05, 3.63) is 66.0 Å². The average molecular weight is 420 g/mol. The second kappa shape index (κ2) is 8.91. The van der Waals surface area contributed by atoms with Gasteiger partial charge in [0, 0.05) is 5.69 Å². The second-order valence-electron chi connectivity index (χ2n) is 6.65. The molecule has 0 unspecified atom stereocenters. The van der Waals surface area contributed by atoms with Crippen LogP contribution in [0.2, 0.25) is 0 Å². The maximum absolute atomic E-state index is 12.3. The van der Waals surface area contributed by atoms with Crippen molar-refractivity contribution >= 4 is 34.5 Å². The van der Waals surface area contributed by atoms with Crippen molar-refractivity contribution in [2.24, 2.45) is 0 Å². The van der Waals surface area contributed by atoms with Gasteiger partial charge in [-0.2, -0.15) is 0 Å². The van der Waals surface area contributed by atoms with Crippen LogP contribution in [0.4, 0.5) is 5.69 Å². The van der Waals surface area contributed by atoms with E-state index in [1.165, 1.54) is 23.7 Å². The molecule has 0 aliphatic heterocycles. The van der Waals surface area contributed by atoms with Crippen LogP contribution in [0.5, 0.6) is 5.75 Å². The minimum Gasteiger partial charge on any atom is -0.497 e. The van der Waals surface area contributed by atoms with Crippen LogP contribution in [-0.4, -0.2) is 43.7 Å². The summed E-state index contributed by atoms with van der Waals surface area (Å²) in [5, 5.41) is 11.9. The minimum absolute atomic E-state index is 0.135. The number of fused-ring (bicyclic) bond motifs is 1. The van der Waals surface area contributed by atoms with E-state index in [1.807, 2.05) is 0 Å². The number of hydrogen-bond donors (Lipinski definition) is 1. The maximum atomic E-state index is 12.3. The normalized spacial score (nSPS) is 10.9. The van der Waals surface area contributed by atoms with Gasteiger partial charge in [-0.1, -0.05) is 46.8 Å². The highest BCUT2D eigenvalue weighted by Crippen LogP contribution is 2.23. The highest BCUT2D eigenvalue weighted by molar-refractivity contribution is 8.00. The highest BCUT2D eigenvalue weighted by Gasteiger charge is 2.14. The summed E-state index contributed by atoms with van der Waals surface area (Å²) in [6.45, 7) is 2.62. The van der Waals surface area contributed by atoms with Crippen LogP contribution in [-0.2, 0) is 11.3 Å². The molecule has 0 aliphatic carbocycles. The number of nitrogens with zero attached hydrogens (tertiary/aromatic N) is 5. The highest BCUT2D eigenvalue weighted by atomic mass is 32.2. The van der Waals surface area contributed by atoms with E-state index in [0.717, 1.165) is 11.3 Å². The van der Waals surface area contributed by atoms with Crippen LogP contribution in [0.15, 0.2) is 59.9 Å². The molecule has 0 radical (unpaired) electrons. The van der Waals surface area contributed by atoms with Gasteiger partial charge in [-0.25, -0.2) is 14.6 Å². The zero-order valence-corrected chi connectivity index (χ0v) is 17.4. The molecule has 0 saturated heterocycles. The SMILES string of the molecule is COc1ccc(NC(=O)CSc2ncnc3c2nnn3Cc2ccc(C)cc2)cc1. The molecular weight excluding hydrogens is 400 g/mol. The zero-order valence-electron chi connectivity index (χ0n) is 16.6. The summed E-state index contributed by atoms with van der Waals surface area (Å²) in [6, 6.07) is 15.4. The Morgan fingerprint density at radius 1 is 1.10 bits per heavy atom. The Labute approximate surface area is 177 Å². The van der Waals surface area contributed by atoms with E-state index in [4.69, 9.17) is 4.74 Å². The minimum atomic E-state index is -0.135. The molecule has 1 amide bonds. The van der Waals surface area contributed by atoms with Crippen LogP contribution >= 0.6 is 11.8 Å². The van der Waals surface area contributed by atoms with Gasteiger partial charge in [0.1, 0.15) is 17.1 Å². The smallest absolute Gasteiger partial charge is 0.234 e. The molecule has 8 nitrogen and oxygen atoms in total. The van der Waals surface area contributed by atoms with Crippen LogP contribution in [0.1, 0.15) is 11.1 Å². The molecule has 0 fully saturated rings. The third-order valence-corrected chi connectivity index (χ3v) is 5.41. The van der Waals surface area contributed by atoms with E-state index in [-0.39, 0.29) is 11.7 Å². The Bertz CT molecular complexity index is 1160. The first-order chi connectivity index (χ1) is 14.6. The van der Waals surface area contributed by atoms with E-state index in [2.05, 4.69) is 56.8 Å². The molecular formula is C21H20N6O2S. The van der Waals surface area contributed by atoms with Crippen molar-refractivity contribution in [3.8, 4) is 5.75 Å². The summed E-state index contributed by atoms with van der Waals surface area (Å²) < 4.78 is 6.86. The lowest BCUT2D eigenvalue weighted by Crippen LogP contribution is -2.14. The Morgan fingerprint density at radius 2 is 1.87 bits per heavy atom. The lowest BCUT2D eigenvalue weighted by molar-refractivity contribution is -0.113. The molecule has 2 aromatic heterocycles. The van der Waals surface area contributed by atoms with Gasteiger partial charge in [-0.3, -0.25) is 4.79 Å². The number of carbonyl (C=O) groups is 1. The summed E-state index contributed by atoms with van der Waals surface area (Å²) in [5.41, 5.74) is 4.25. The lowest BCUT2D eigenvalue weighted by atomic mass is 10.1. The predicted octanol–water partition coefficient (Wildman–Crippen LogP) is 3.32. The zero-order chi connectivity index (χ0) is 20.9. The molecule has 9 heteroatoms. The molecule has 152 valence electrons. The number of hydrogen-bond acceptors (Lipinski definition) is 7. The first-order valence-corrected chi connectivity index (χ1v) is 10.3. The molecule has 30 heavy (non-hydrogen) atoms. The monoisotopic (exact) mass is 420 g/mol. The largest absolute Gasteiger partial charge is 0.497 e. The molecule has 4 rings (SSSR count). The Balaban J connectivity index is 1.43. The van der Waals surface area contributed by atoms with Crippen LogP contribution in [0.3, 0.4) is 0 Å². The van der Waals surface area contributed by atoms with E-state index in [1.54, 1.807) is 36.1 Å². The Kier molecular flexibility index (Phi) is 5.89. The molecule has 0 spiro atoms. The summed E-state index contributed by atoms with van der Waals surface area (Å²) in [7, 11) is 1.60. The number of amides is 1. The molecule has 2 heterocycles. The molecule has 2 aromatic carbocycles. The summed E-state index contributed by atoms with van der Waals surface area (Å²) in [4.78, 5) is 20.9. The lowest BCUT2D eigenvalue weighted by Gasteiger charge is -2.06. The molecule has 0 saturated carbocycles. The number of aromatic nitrogens is 5. The molecule has 4 aromatic rings. The third-order valence-electron chi connectivity index (χ3n) is 4.43. The van der Waals surface area contributed by atoms with E-state index < -0.39 is 0 Å². The van der Waals surface area contributed by atoms with E-state index in [0.29, 0.717) is 28.4 Å². The van der Waals surface area contributed by atoms with Gasteiger partial charge in [-0.05, 0) is 36.8 Å². The van der Waals surface area contributed by atoms with E-state index >= 15 is 0 Å². The average Bonchev–Trinajstić information content (AvgIpc) is 3.18. The van der Waals surface area contributed by atoms with Crippen molar-refractivity contribution in [1.82, 2.24) is 25.0 Å². The number of carbonyl (C=O) groups excluding carboxylic acids is 1. The number of rotatable bonds is 7. The summed E-state index contributed by atoms with van der Waals surface area (Å²) in [6.07, 6.45) is 1.47. The van der Waals surface area contributed by atoms with Crippen molar-refractivity contribution in [2.45, 2.75) is 18.5 Å². The maximum Gasteiger partial charge on any atom is 0.234 e. The number of nitrogens with one attached hydrogen (secondary N) is 1. The van der Waals surface area contributed by atoms with Gasteiger partial charge >= 0.3 is 0 Å². The molecule has 0 bridgehead atoms. The number of benzene rings is 2. The van der Waals surface area contributed by atoms with Gasteiger partial charge in [0.15, 0.2) is 11.2 Å². The van der Waals surface area contributed by atoms with Crippen molar-refractivity contribution in [1.29, 1.82) is 0 Å². The first kappa shape index (κ1) is 19.8. The molecule has 1 N–H and O–H groups in total. The fourth-order valence-corrected chi connectivity index (χ4v) is 3.59. The number of thioether (sulfide) groups is 1. The predicted molar refractivity (Wildman–Crippen MR) is 116 cm³/mol. The van der Waals surface area contributed by atoms with Gasteiger partial charge in [-0.15, -0.1) is 5.10 Å². The molecule has 0 aliphatic rings. The first-order valence-electron chi connectivity index (χ1n) is 9.29. The number of aryl methyl sites for hydroxylation is 1. The fraction of sp³-hybridized carbons (Fsp3) is 0.190. The van der Waals surface area contributed by atoms with Gasteiger partial charge in [0.05, 0.1) is 19.4 Å². The third kappa shape index (κ3) is 4.57. The van der Waals surface area contributed by atoms with Gasteiger partial charge in [0.25, 0.3) is 0 Å². The summed E-state index contributed by atoms with van der Waals surface area (Å²) in [5.74, 6) is 0.798. The number of methoxy groups -OCH3 is 1. The van der Waals surface area contributed by atoms with Gasteiger partial charge in [0.2, 0.25) is 5.91 Å². The summed E-state index contributed by atoms with van der Waals surface area (Å²) >= 11 is 1.30. The Hall–Kier alpha value is -3.46. The van der Waals surface area contributed by atoms with Crippen molar-refractivity contribution < 1.29 is 9.53 Å². The van der Waals surface area contributed by atoms with Crippen molar-refractivity contribution in [3.63, 3.8) is 0 Å². The van der Waals surface area contributed by atoms with Crippen LogP contribution < -0.4 is 10.1 Å². The quantitative estimate of drug-likeness (QED) is 0.362. The fourth-order valence-electron chi connectivity index (χ4n) is 2.86. The van der Waals surface area contributed by atoms with E-state index in [9.17, 15) is 4.79 Å². The van der Waals surface area contributed by atoms with Crippen LogP contribution in [0.25, 0.3) is 11.2 Å². The van der Waals surface area contributed by atoms with Crippen molar-refractivity contribution in [2.75, 3.05) is 18.2 Å².